The SMILES string of the molecule is COc1ncnc(OC)c1C(=O)Nc1nc2c(s1)CCOc1cc(C(F)(F)F)ccc1-2. The zero-order valence-corrected chi connectivity index (χ0v) is 17.1. The molecule has 0 unspecified atom stereocenters. The Morgan fingerprint density at radius 3 is 2.55 bits per heavy atom. The molecule has 0 saturated heterocycles. The van der Waals surface area contributed by atoms with E-state index in [0.717, 1.165) is 17.0 Å². The van der Waals surface area contributed by atoms with Gasteiger partial charge in [0, 0.05) is 16.9 Å². The number of fused-ring (bicyclic) bond motifs is 3. The summed E-state index contributed by atoms with van der Waals surface area (Å²) in [6.45, 7) is 0.186. The summed E-state index contributed by atoms with van der Waals surface area (Å²) in [5.41, 5.74) is 0.0818. The van der Waals surface area contributed by atoms with E-state index in [-0.39, 0.29) is 34.8 Å². The van der Waals surface area contributed by atoms with Gasteiger partial charge in [-0.05, 0) is 18.2 Å². The minimum Gasteiger partial charge on any atom is -0.492 e. The Morgan fingerprint density at radius 1 is 1.19 bits per heavy atom. The summed E-state index contributed by atoms with van der Waals surface area (Å²) < 4.78 is 54.9. The first-order valence-corrected chi connectivity index (χ1v) is 9.72. The number of amides is 1. The lowest BCUT2D eigenvalue weighted by Crippen LogP contribution is -2.16. The van der Waals surface area contributed by atoms with Gasteiger partial charge < -0.3 is 14.2 Å². The van der Waals surface area contributed by atoms with Crippen LogP contribution in [0.15, 0.2) is 24.5 Å². The van der Waals surface area contributed by atoms with Crippen molar-refractivity contribution < 1.29 is 32.2 Å². The first-order valence-electron chi connectivity index (χ1n) is 8.90. The number of halogens is 3. The lowest BCUT2D eigenvalue weighted by Gasteiger charge is -2.12. The molecule has 8 nitrogen and oxygen atoms in total. The van der Waals surface area contributed by atoms with Crippen LogP contribution in [0.2, 0.25) is 0 Å². The van der Waals surface area contributed by atoms with E-state index in [2.05, 4.69) is 20.3 Å². The number of methoxy groups -OCH3 is 2. The molecule has 4 rings (SSSR count). The second-order valence-electron chi connectivity index (χ2n) is 6.32. The van der Waals surface area contributed by atoms with Crippen molar-refractivity contribution in [2.75, 3.05) is 26.1 Å². The fourth-order valence-corrected chi connectivity index (χ4v) is 4.02. The molecule has 0 radical (unpaired) electrons. The Kier molecular flexibility index (Phi) is 5.39. The number of benzene rings is 1. The van der Waals surface area contributed by atoms with Crippen molar-refractivity contribution in [3.8, 4) is 28.8 Å². The molecule has 1 amide bonds. The van der Waals surface area contributed by atoms with Crippen LogP contribution in [0.4, 0.5) is 18.3 Å². The zero-order valence-electron chi connectivity index (χ0n) is 16.2. The summed E-state index contributed by atoms with van der Waals surface area (Å²) in [6.07, 6.45) is -2.85. The predicted molar refractivity (Wildman–Crippen MR) is 105 cm³/mol. The molecule has 0 spiro atoms. The lowest BCUT2D eigenvalue weighted by atomic mass is 10.1. The van der Waals surface area contributed by atoms with E-state index in [1.54, 1.807) is 0 Å². The van der Waals surface area contributed by atoms with Crippen LogP contribution in [0.5, 0.6) is 17.5 Å². The van der Waals surface area contributed by atoms with E-state index in [1.807, 2.05) is 0 Å². The highest BCUT2D eigenvalue weighted by Gasteiger charge is 2.32. The number of hydrogen-bond donors (Lipinski definition) is 1. The molecule has 162 valence electrons. The fourth-order valence-electron chi connectivity index (χ4n) is 3.07. The number of thiazole rings is 1. The van der Waals surface area contributed by atoms with Gasteiger partial charge in [-0.15, -0.1) is 11.3 Å². The molecule has 2 aromatic heterocycles. The van der Waals surface area contributed by atoms with Crippen molar-refractivity contribution in [3.63, 3.8) is 0 Å². The maximum atomic E-state index is 13.0. The third-order valence-corrected chi connectivity index (χ3v) is 5.49. The number of alkyl halides is 3. The van der Waals surface area contributed by atoms with Gasteiger partial charge in [0.15, 0.2) is 10.7 Å². The maximum Gasteiger partial charge on any atom is 0.416 e. The molecule has 12 heteroatoms. The number of anilines is 1. The van der Waals surface area contributed by atoms with Crippen molar-refractivity contribution in [2.24, 2.45) is 0 Å². The number of carbonyl (C=O) groups is 1. The van der Waals surface area contributed by atoms with Crippen LogP contribution in [0.1, 0.15) is 20.8 Å². The summed E-state index contributed by atoms with van der Waals surface area (Å²) in [4.78, 5) is 25.8. The Morgan fingerprint density at radius 2 is 1.90 bits per heavy atom. The van der Waals surface area contributed by atoms with Crippen molar-refractivity contribution in [1.82, 2.24) is 15.0 Å². The highest BCUT2D eigenvalue weighted by Crippen LogP contribution is 2.42. The van der Waals surface area contributed by atoms with Gasteiger partial charge in [0.05, 0.1) is 32.1 Å². The molecule has 0 atom stereocenters. The molecule has 1 aliphatic rings. The van der Waals surface area contributed by atoms with Crippen molar-refractivity contribution in [3.05, 3.63) is 40.5 Å². The number of rotatable bonds is 4. The van der Waals surface area contributed by atoms with Crippen molar-refractivity contribution in [2.45, 2.75) is 12.6 Å². The van der Waals surface area contributed by atoms with Crippen molar-refractivity contribution in [1.29, 1.82) is 0 Å². The monoisotopic (exact) mass is 452 g/mol. The van der Waals surface area contributed by atoms with Crippen LogP contribution in [0.25, 0.3) is 11.3 Å². The smallest absolute Gasteiger partial charge is 0.416 e. The number of aromatic nitrogens is 3. The van der Waals surface area contributed by atoms with Crippen LogP contribution < -0.4 is 19.5 Å². The fraction of sp³-hybridized carbons (Fsp3) is 0.263. The molecule has 0 saturated carbocycles. The van der Waals surface area contributed by atoms with Gasteiger partial charge in [0.25, 0.3) is 5.91 Å². The number of carbonyl (C=O) groups excluding carboxylic acids is 1. The molecular formula is C19H15F3N4O4S. The second-order valence-corrected chi connectivity index (χ2v) is 7.40. The summed E-state index contributed by atoms with van der Waals surface area (Å²) in [5, 5.41) is 2.92. The normalized spacial score (nSPS) is 12.8. The van der Waals surface area contributed by atoms with Crippen LogP contribution in [-0.4, -0.2) is 41.7 Å². The summed E-state index contributed by atoms with van der Waals surface area (Å²) >= 11 is 1.20. The van der Waals surface area contributed by atoms with E-state index in [1.165, 1.54) is 38.0 Å². The Balaban J connectivity index is 1.68. The van der Waals surface area contributed by atoms with Crippen LogP contribution in [0, 0.1) is 0 Å². The Bertz CT molecular complexity index is 1130. The average molecular weight is 452 g/mol. The topological polar surface area (TPSA) is 95.5 Å². The molecule has 1 aliphatic heterocycles. The molecule has 3 heterocycles. The minimum atomic E-state index is -4.48. The third-order valence-electron chi connectivity index (χ3n) is 4.46. The molecule has 1 aromatic carbocycles. The van der Waals surface area contributed by atoms with E-state index in [9.17, 15) is 18.0 Å². The summed E-state index contributed by atoms with van der Waals surface area (Å²) in [7, 11) is 2.71. The average Bonchev–Trinajstić information content (AvgIpc) is 3.06. The number of hydrogen-bond acceptors (Lipinski definition) is 8. The predicted octanol–water partition coefficient (Wildman–Crippen LogP) is 3.82. The molecule has 1 N–H and O–H groups in total. The van der Waals surface area contributed by atoms with Gasteiger partial charge in [0.1, 0.15) is 12.1 Å². The molecule has 31 heavy (non-hydrogen) atoms. The molecule has 0 aliphatic carbocycles. The molecule has 0 bridgehead atoms. The van der Waals surface area contributed by atoms with Gasteiger partial charge in [-0.1, -0.05) is 0 Å². The first kappa shape index (κ1) is 20.8. The van der Waals surface area contributed by atoms with Crippen LogP contribution >= 0.6 is 11.3 Å². The highest BCUT2D eigenvalue weighted by atomic mass is 32.1. The molecular weight excluding hydrogens is 437 g/mol. The quantitative estimate of drug-likeness (QED) is 0.643. The van der Waals surface area contributed by atoms with Gasteiger partial charge in [-0.2, -0.15) is 13.2 Å². The van der Waals surface area contributed by atoms with E-state index in [4.69, 9.17) is 14.2 Å². The minimum absolute atomic E-state index is 0.00329. The summed E-state index contributed by atoms with van der Waals surface area (Å²) in [5.74, 6) is -0.444. The lowest BCUT2D eigenvalue weighted by molar-refractivity contribution is -0.137. The second kappa shape index (κ2) is 8.02. The number of nitrogens with one attached hydrogen (secondary N) is 1. The van der Waals surface area contributed by atoms with Crippen LogP contribution in [0.3, 0.4) is 0 Å². The zero-order chi connectivity index (χ0) is 22.2. The van der Waals surface area contributed by atoms with Crippen molar-refractivity contribution >= 4 is 22.4 Å². The van der Waals surface area contributed by atoms with E-state index in [0.29, 0.717) is 17.7 Å². The third kappa shape index (κ3) is 3.98. The maximum absolute atomic E-state index is 13.0. The highest BCUT2D eigenvalue weighted by molar-refractivity contribution is 7.16. The number of nitrogens with zero attached hydrogens (tertiary/aromatic N) is 3. The van der Waals surface area contributed by atoms with Gasteiger partial charge in [0.2, 0.25) is 11.8 Å². The van der Waals surface area contributed by atoms with Gasteiger partial charge in [-0.3, -0.25) is 10.1 Å². The molecule has 0 fully saturated rings. The standard InChI is InChI=1S/C19H15F3N4O4S/c1-28-16-13(17(29-2)24-8-23-16)15(27)26-18-25-14-10-4-3-9(19(20,21)22)7-11(10)30-6-5-12(14)31-18/h3-4,7-8H,5-6H2,1-2H3,(H,25,26,27). The molecule has 3 aromatic rings. The Labute approximate surface area is 178 Å². The summed E-state index contributed by atoms with van der Waals surface area (Å²) in [6, 6.07) is 3.26. The first-order chi connectivity index (χ1) is 14.8. The largest absolute Gasteiger partial charge is 0.492 e. The van der Waals surface area contributed by atoms with E-state index >= 15 is 0 Å². The Hall–Kier alpha value is -3.41. The van der Waals surface area contributed by atoms with Gasteiger partial charge >= 0.3 is 6.18 Å². The van der Waals surface area contributed by atoms with E-state index < -0.39 is 17.6 Å². The van der Waals surface area contributed by atoms with Gasteiger partial charge in [-0.25, -0.2) is 15.0 Å². The number of ether oxygens (including phenoxy) is 3. The van der Waals surface area contributed by atoms with Crippen LogP contribution in [-0.2, 0) is 12.6 Å².